The first kappa shape index (κ1) is 7.76. The number of nitrogens with zero attached hydrogens (tertiary/aromatic N) is 2. The van der Waals surface area contributed by atoms with Crippen LogP contribution in [0.2, 0.25) is 0 Å². The summed E-state index contributed by atoms with van der Waals surface area (Å²) < 4.78 is 0.999. The van der Waals surface area contributed by atoms with E-state index in [-0.39, 0.29) is 0 Å². The lowest BCUT2D eigenvalue weighted by Gasteiger charge is -2.04. The maximum absolute atomic E-state index is 4.12. The second kappa shape index (κ2) is 3.25. The van der Waals surface area contributed by atoms with Gasteiger partial charge in [-0.15, -0.1) is 5.73 Å². The van der Waals surface area contributed by atoms with Gasteiger partial charge in [-0.25, -0.2) is 9.97 Å². The number of hydrogen-bond donors (Lipinski definition) is 1. The largest absolute Gasteiger partial charge is 0.339 e. The van der Waals surface area contributed by atoms with Crippen molar-refractivity contribution in [1.29, 1.82) is 0 Å². The number of allylic oxidation sites excluding steroid dienone is 1. The van der Waals surface area contributed by atoms with Gasteiger partial charge in [0.05, 0.1) is 0 Å². The number of aromatic nitrogens is 2. The highest BCUT2D eigenvalue weighted by atomic mass is 127. The van der Waals surface area contributed by atoms with E-state index in [9.17, 15) is 0 Å². The van der Waals surface area contributed by atoms with Crippen molar-refractivity contribution >= 4 is 28.4 Å². The first-order valence-electron chi connectivity index (χ1n) is 3.53. The molecule has 60 valence electrons. The van der Waals surface area contributed by atoms with E-state index in [1.54, 1.807) is 12.5 Å². The Morgan fingerprint density at radius 1 is 1.50 bits per heavy atom. The lowest BCUT2D eigenvalue weighted by atomic mass is 10.2. The average Bonchev–Trinajstić information content (AvgIpc) is 2.30. The third-order valence-corrected chi connectivity index (χ3v) is 2.54. The minimum absolute atomic E-state index is 0.845. The van der Waals surface area contributed by atoms with Crippen LogP contribution >= 0.6 is 22.6 Å². The number of anilines is 1. The lowest BCUT2D eigenvalue weighted by Crippen LogP contribution is -1.99. The smallest absolute Gasteiger partial charge is 0.138 e. The Labute approximate surface area is 83.8 Å². The van der Waals surface area contributed by atoms with Crippen molar-refractivity contribution in [3.63, 3.8) is 0 Å². The van der Waals surface area contributed by atoms with Crippen molar-refractivity contribution in [3.05, 3.63) is 33.6 Å². The van der Waals surface area contributed by atoms with Gasteiger partial charge >= 0.3 is 0 Å². The highest BCUT2D eigenvalue weighted by Gasteiger charge is 2.07. The number of nitrogens with one attached hydrogen (secondary N) is 1. The Kier molecular flexibility index (Phi) is 2.10. The van der Waals surface area contributed by atoms with E-state index < -0.39 is 0 Å². The van der Waals surface area contributed by atoms with E-state index in [1.807, 2.05) is 6.08 Å². The van der Waals surface area contributed by atoms with Crippen LogP contribution in [0.15, 0.2) is 24.3 Å². The van der Waals surface area contributed by atoms with Crippen molar-refractivity contribution < 1.29 is 0 Å². The maximum atomic E-state index is 4.12. The average molecular weight is 271 g/mol. The summed E-state index contributed by atoms with van der Waals surface area (Å²) in [7, 11) is 0. The van der Waals surface area contributed by atoms with Crippen molar-refractivity contribution in [3.8, 4) is 0 Å². The molecular formula is C8H6IN3. The Balaban J connectivity index is 2.54. The predicted octanol–water partition coefficient (Wildman–Crippen LogP) is 1.72. The molecule has 0 bridgehead atoms. The van der Waals surface area contributed by atoms with Crippen molar-refractivity contribution in [2.45, 2.75) is 6.42 Å². The van der Waals surface area contributed by atoms with Gasteiger partial charge in [-0.05, 0) is 28.7 Å². The van der Waals surface area contributed by atoms with Crippen LogP contribution in [0.3, 0.4) is 0 Å². The van der Waals surface area contributed by atoms with Crippen LogP contribution in [0, 0.1) is 3.70 Å². The van der Waals surface area contributed by atoms with E-state index >= 15 is 0 Å². The van der Waals surface area contributed by atoms with Crippen molar-refractivity contribution in [1.82, 2.24) is 9.97 Å². The van der Waals surface area contributed by atoms with Gasteiger partial charge in [-0.3, -0.25) is 0 Å². The third kappa shape index (κ3) is 1.35. The zero-order chi connectivity index (χ0) is 8.39. The molecule has 1 aromatic rings. The highest BCUT2D eigenvalue weighted by molar-refractivity contribution is 14.1. The molecule has 0 unspecified atom stereocenters. The molecule has 0 radical (unpaired) electrons. The second-order valence-electron chi connectivity index (χ2n) is 2.36. The van der Waals surface area contributed by atoms with E-state index in [2.05, 4.69) is 43.6 Å². The third-order valence-electron chi connectivity index (χ3n) is 1.61. The molecule has 1 N–H and O–H groups in total. The molecule has 1 aliphatic rings. The second-order valence-corrected chi connectivity index (χ2v) is 3.38. The summed E-state index contributed by atoms with van der Waals surface area (Å²) in [6.07, 6.45) is 6.13. The quantitative estimate of drug-likeness (QED) is 0.443. The zero-order valence-corrected chi connectivity index (χ0v) is 8.37. The number of hydrogen-bond acceptors (Lipinski definition) is 3. The van der Waals surface area contributed by atoms with Gasteiger partial charge in [0.15, 0.2) is 0 Å². The van der Waals surface area contributed by atoms with Gasteiger partial charge in [0.25, 0.3) is 0 Å². The van der Waals surface area contributed by atoms with Crippen LogP contribution in [-0.2, 0) is 6.42 Å². The summed E-state index contributed by atoms with van der Waals surface area (Å²) in [5.74, 6) is 0.885. The van der Waals surface area contributed by atoms with E-state index in [4.69, 9.17) is 0 Å². The Bertz CT molecular complexity index is 367. The van der Waals surface area contributed by atoms with Gasteiger partial charge in [-0.1, -0.05) is 0 Å². The molecule has 0 amide bonds. The summed E-state index contributed by atoms with van der Waals surface area (Å²) in [5.41, 5.74) is 4.13. The summed E-state index contributed by atoms with van der Waals surface area (Å²) in [6.45, 7) is 0. The van der Waals surface area contributed by atoms with Crippen LogP contribution < -0.4 is 5.32 Å². The Hall–Kier alpha value is -0.870. The first-order valence-corrected chi connectivity index (χ1v) is 4.61. The maximum Gasteiger partial charge on any atom is 0.138 e. The van der Waals surface area contributed by atoms with Crippen LogP contribution in [0.25, 0.3) is 0 Å². The molecular weight excluding hydrogens is 265 g/mol. The molecule has 0 fully saturated rings. The molecule has 1 aromatic heterocycles. The van der Waals surface area contributed by atoms with Gasteiger partial charge in [0.1, 0.15) is 15.8 Å². The summed E-state index contributed by atoms with van der Waals surface area (Å²) >= 11 is 2.21. The van der Waals surface area contributed by atoms with E-state index in [1.165, 1.54) is 0 Å². The first-order chi connectivity index (χ1) is 5.88. The molecule has 0 aromatic carbocycles. The lowest BCUT2D eigenvalue weighted by molar-refractivity contribution is 1.07. The topological polar surface area (TPSA) is 37.8 Å². The molecule has 2 heterocycles. The molecule has 0 saturated heterocycles. The molecule has 4 heteroatoms. The highest BCUT2D eigenvalue weighted by Crippen LogP contribution is 2.18. The van der Waals surface area contributed by atoms with Crippen LogP contribution in [0.5, 0.6) is 0 Å². The van der Waals surface area contributed by atoms with Crippen LogP contribution in [0.4, 0.5) is 5.82 Å². The van der Waals surface area contributed by atoms with Gasteiger partial charge in [0, 0.05) is 18.2 Å². The normalized spacial score (nSPS) is 13.4. The van der Waals surface area contributed by atoms with E-state index in [0.29, 0.717) is 0 Å². The predicted molar refractivity (Wildman–Crippen MR) is 54.7 cm³/mol. The Morgan fingerprint density at radius 3 is 3.33 bits per heavy atom. The van der Waals surface area contributed by atoms with Crippen molar-refractivity contribution in [2.24, 2.45) is 0 Å². The minimum atomic E-state index is 0.845. The molecule has 0 atom stereocenters. The molecule has 1 aliphatic heterocycles. The van der Waals surface area contributed by atoms with Gasteiger partial charge < -0.3 is 5.32 Å². The summed E-state index contributed by atoms with van der Waals surface area (Å²) in [4.78, 5) is 8.23. The number of halogens is 1. The molecule has 3 nitrogen and oxygen atoms in total. The number of fused-ring (bicyclic) bond motifs is 1. The molecule has 2 rings (SSSR count). The minimum Gasteiger partial charge on any atom is -0.339 e. The molecule has 0 spiro atoms. The molecule has 0 saturated carbocycles. The monoisotopic (exact) mass is 271 g/mol. The summed E-state index contributed by atoms with van der Waals surface area (Å²) in [5, 5.41) is 3.04. The molecule has 12 heavy (non-hydrogen) atoms. The molecule has 0 aliphatic carbocycles. The van der Waals surface area contributed by atoms with Gasteiger partial charge in [-0.2, -0.15) is 0 Å². The van der Waals surface area contributed by atoms with Crippen LogP contribution in [-0.4, -0.2) is 9.97 Å². The van der Waals surface area contributed by atoms with Crippen molar-refractivity contribution in [2.75, 3.05) is 5.32 Å². The number of rotatable bonds is 0. The summed E-state index contributed by atoms with van der Waals surface area (Å²) in [6, 6.07) is 0. The van der Waals surface area contributed by atoms with E-state index in [0.717, 1.165) is 21.5 Å². The standard InChI is InChI=1S/C8H6IN3/c9-7-6-3-1-2-4-10-8(6)12-5-11-7/h1,4-5H,3H2,(H,10,11,12). The fourth-order valence-electron chi connectivity index (χ4n) is 1.03. The zero-order valence-electron chi connectivity index (χ0n) is 6.21. The Morgan fingerprint density at radius 2 is 2.42 bits per heavy atom. The van der Waals surface area contributed by atoms with Crippen LogP contribution in [0.1, 0.15) is 5.56 Å². The SMILES string of the molecule is Ic1ncnc2c1CC=C=CN2. The fourth-order valence-corrected chi connectivity index (χ4v) is 1.63. The van der Waals surface area contributed by atoms with Gasteiger partial charge in [0.2, 0.25) is 0 Å². The fraction of sp³-hybridized carbons (Fsp3) is 0.125.